The second-order valence-electron chi connectivity index (χ2n) is 7.18. The van der Waals surface area contributed by atoms with Crippen LogP contribution in [0.3, 0.4) is 0 Å². The summed E-state index contributed by atoms with van der Waals surface area (Å²) in [5, 5.41) is 15.2. The molecule has 2 aromatic heterocycles. The van der Waals surface area contributed by atoms with Crippen molar-refractivity contribution in [2.45, 2.75) is 33.9 Å². The summed E-state index contributed by atoms with van der Waals surface area (Å²) in [4.78, 5) is 11.8. The number of aromatic amines is 1. The van der Waals surface area contributed by atoms with Gasteiger partial charge in [-0.15, -0.1) is 0 Å². The van der Waals surface area contributed by atoms with Crippen LogP contribution in [0.15, 0.2) is 41.2 Å². The van der Waals surface area contributed by atoms with Crippen LogP contribution in [0, 0.1) is 20.8 Å². The van der Waals surface area contributed by atoms with E-state index in [2.05, 4.69) is 20.6 Å². The Balaban J connectivity index is 1.57. The lowest BCUT2D eigenvalue weighted by Gasteiger charge is -2.15. The van der Waals surface area contributed by atoms with E-state index in [0.29, 0.717) is 28.9 Å². The van der Waals surface area contributed by atoms with Crippen LogP contribution in [0.1, 0.15) is 28.1 Å². The van der Waals surface area contributed by atoms with Crippen LogP contribution in [0.2, 0.25) is 10.0 Å². The third kappa shape index (κ3) is 4.22. The summed E-state index contributed by atoms with van der Waals surface area (Å²) < 4.78 is 9.04. The zero-order valence-electron chi connectivity index (χ0n) is 17.2. The zero-order valence-corrected chi connectivity index (χ0v) is 18.7. The van der Waals surface area contributed by atoms with E-state index < -0.39 is 0 Å². The van der Waals surface area contributed by atoms with Gasteiger partial charge in [0.2, 0.25) is 0 Å². The lowest BCUT2D eigenvalue weighted by Crippen LogP contribution is -2.20. The van der Waals surface area contributed by atoms with Gasteiger partial charge in [0, 0.05) is 0 Å². The van der Waals surface area contributed by atoms with Crippen LogP contribution in [-0.4, -0.2) is 30.0 Å². The molecule has 0 saturated carbocycles. The summed E-state index contributed by atoms with van der Waals surface area (Å²) >= 11 is 12.7. The number of aryl methyl sites for hydroxylation is 2. The standard InChI is InChI=1S/C21H20Cl2N6O2/c1-12-5-4-6-15(10-28-21(30)24-26-27-28)17(12)11-31-19-8-7-16(9-18(19)22)29-14(3)20(23)13(2)25-29/h4-9H,10-11H2,1-3H3,(H,24,27,30). The molecular formula is C21H20Cl2N6O2. The van der Waals surface area contributed by atoms with Crippen molar-refractivity contribution in [1.82, 2.24) is 30.0 Å². The number of halogens is 2. The van der Waals surface area contributed by atoms with Gasteiger partial charge in [-0.05, 0) is 66.1 Å². The van der Waals surface area contributed by atoms with E-state index >= 15 is 0 Å². The lowest BCUT2D eigenvalue weighted by molar-refractivity contribution is 0.304. The number of nitrogens with one attached hydrogen (secondary N) is 1. The molecular weight excluding hydrogens is 439 g/mol. The van der Waals surface area contributed by atoms with Gasteiger partial charge in [0.15, 0.2) is 0 Å². The topological polar surface area (TPSA) is 90.6 Å². The summed E-state index contributed by atoms with van der Waals surface area (Å²) in [5.74, 6) is 0.547. The maximum atomic E-state index is 11.8. The molecule has 2 heterocycles. The molecule has 0 atom stereocenters. The van der Waals surface area contributed by atoms with Gasteiger partial charge in [-0.3, -0.25) is 0 Å². The van der Waals surface area contributed by atoms with Gasteiger partial charge < -0.3 is 4.74 Å². The monoisotopic (exact) mass is 458 g/mol. The summed E-state index contributed by atoms with van der Waals surface area (Å²) in [6.07, 6.45) is 0. The predicted molar refractivity (Wildman–Crippen MR) is 118 cm³/mol. The third-order valence-corrected chi connectivity index (χ3v) is 5.94. The Morgan fingerprint density at radius 1 is 1.13 bits per heavy atom. The van der Waals surface area contributed by atoms with E-state index in [1.54, 1.807) is 10.7 Å². The Hall–Kier alpha value is -3.10. The molecule has 160 valence electrons. The highest BCUT2D eigenvalue weighted by Gasteiger charge is 2.14. The van der Waals surface area contributed by atoms with Crippen molar-refractivity contribution in [3.8, 4) is 11.4 Å². The molecule has 0 aliphatic heterocycles. The molecule has 0 bridgehead atoms. The van der Waals surface area contributed by atoms with Gasteiger partial charge in [-0.2, -0.15) is 9.78 Å². The first kappa shape index (κ1) is 21.1. The predicted octanol–water partition coefficient (Wildman–Crippen LogP) is 4.01. The van der Waals surface area contributed by atoms with E-state index in [1.165, 1.54) is 4.68 Å². The van der Waals surface area contributed by atoms with Gasteiger partial charge in [0.1, 0.15) is 12.4 Å². The van der Waals surface area contributed by atoms with Crippen molar-refractivity contribution in [1.29, 1.82) is 0 Å². The molecule has 4 aromatic rings. The number of hydrogen-bond acceptors (Lipinski definition) is 5. The van der Waals surface area contributed by atoms with Crippen molar-refractivity contribution in [2.75, 3.05) is 0 Å². The maximum Gasteiger partial charge on any atom is 0.361 e. The zero-order chi connectivity index (χ0) is 22.1. The number of H-pyrrole nitrogens is 1. The highest BCUT2D eigenvalue weighted by atomic mass is 35.5. The van der Waals surface area contributed by atoms with Crippen LogP contribution in [0.5, 0.6) is 5.75 Å². The fourth-order valence-corrected chi connectivity index (χ4v) is 3.71. The van der Waals surface area contributed by atoms with Crippen LogP contribution in [0.4, 0.5) is 0 Å². The molecule has 0 aliphatic carbocycles. The summed E-state index contributed by atoms with van der Waals surface area (Å²) in [5.41, 5.74) is 4.96. The van der Waals surface area contributed by atoms with Gasteiger partial charge in [-0.25, -0.2) is 14.6 Å². The SMILES string of the molecule is Cc1cccc(Cn2nn[nH]c2=O)c1COc1ccc(-n2nc(C)c(Cl)c2C)cc1Cl. The molecule has 1 N–H and O–H groups in total. The molecule has 0 fully saturated rings. The Morgan fingerprint density at radius 3 is 2.58 bits per heavy atom. The molecule has 31 heavy (non-hydrogen) atoms. The molecule has 4 rings (SSSR count). The van der Waals surface area contributed by atoms with E-state index in [9.17, 15) is 4.79 Å². The van der Waals surface area contributed by atoms with Crippen LogP contribution < -0.4 is 10.4 Å². The second kappa shape index (κ2) is 8.56. The maximum absolute atomic E-state index is 11.8. The summed E-state index contributed by atoms with van der Waals surface area (Å²) in [6, 6.07) is 11.3. The largest absolute Gasteiger partial charge is 0.487 e. The molecule has 2 aromatic carbocycles. The number of hydrogen-bond donors (Lipinski definition) is 1. The highest BCUT2D eigenvalue weighted by molar-refractivity contribution is 6.32. The van der Waals surface area contributed by atoms with Crippen molar-refractivity contribution in [3.05, 3.63) is 85.0 Å². The Labute approximate surface area is 188 Å². The van der Waals surface area contributed by atoms with Gasteiger partial charge >= 0.3 is 5.69 Å². The van der Waals surface area contributed by atoms with E-state index in [0.717, 1.165) is 33.8 Å². The average Bonchev–Trinajstić information content (AvgIpc) is 3.26. The van der Waals surface area contributed by atoms with Crippen molar-refractivity contribution in [3.63, 3.8) is 0 Å². The fourth-order valence-electron chi connectivity index (χ4n) is 3.36. The number of nitrogens with zero attached hydrogens (tertiary/aromatic N) is 5. The third-order valence-electron chi connectivity index (χ3n) is 5.10. The fraction of sp³-hybridized carbons (Fsp3) is 0.238. The van der Waals surface area contributed by atoms with E-state index in [4.69, 9.17) is 27.9 Å². The first-order chi connectivity index (χ1) is 14.8. The number of tetrazole rings is 1. The second-order valence-corrected chi connectivity index (χ2v) is 7.96. The van der Waals surface area contributed by atoms with Crippen LogP contribution in [-0.2, 0) is 13.2 Å². The van der Waals surface area contributed by atoms with Gasteiger partial charge in [-0.1, -0.05) is 41.4 Å². The van der Waals surface area contributed by atoms with E-state index in [-0.39, 0.29) is 5.69 Å². The van der Waals surface area contributed by atoms with Crippen molar-refractivity contribution < 1.29 is 4.74 Å². The molecule has 0 aliphatic rings. The van der Waals surface area contributed by atoms with Crippen molar-refractivity contribution in [2.24, 2.45) is 0 Å². The quantitative estimate of drug-likeness (QED) is 0.471. The molecule has 10 heteroatoms. The minimum Gasteiger partial charge on any atom is -0.487 e. The summed E-state index contributed by atoms with van der Waals surface area (Å²) in [7, 11) is 0. The lowest BCUT2D eigenvalue weighted by atomic mass is 10.0. The van der Waals surface area contributed by atoms with Gasteiger partial charge in [0.25, 0.3) is 0 Å². The number of aromatic nitrogens is 6. The average molecular weight is 459 g/mol. The molecule has 0 radical (unpaired) electrons. The minimum atomic E-state index is -0.365. The molecule has 8 nitrogen and oxygen atoms in total. The Morgan fingerprint density at radius 2 is 1.94 bits per heavy atom. The highest BCUT2D eigenvalue weighted by Crippen LogP contribution is 2.30. The number of ether oxygens (including phenoxy) is 1. The number of rotatable bonds is 6. The first-order valence-electron chi connectivity index (χ1n) is 9.55. The summed E-state index contributed by atoms with van der Waals surface area (Å²) in [6.45, 7) is 6.34. The Kier molecular flexibility index (Phi) is 5.84. The smallest absolute Gasteiger partial charge is 0.361 e. The Bertz CT molecular complexity index is 1310. The minimum absolute atomic E-state index is 0.291. The van der Waals surface area contributed by atoms with Gasteiger partial charge in [0.05, 0.1) is 33.7 Å². The van der Waals surface area contributed by atoms with Crippen LogP contribution >= 0.6 is 23.2 Å². The molecule has 0 spiro atoms. The normalized spacial score (nSPS) is 11.1. The number of benzene rings is 2. The molecule has 0 saturated heterocycles. The van der Waals surface area contributed by atoms with E-state index in [1.807, 2.05) is 51.1 Å². The van der Waals surface area contributed by atoms with Crippen LogP contribution in [0.25, 0.3) is 5.69 Å². The first-order valence-corrected chi connectivity index (χ1v) is 10.3. The molecule has 0 unspecified atom stereocenters. The van der Waals surface area contributed by atoms with Crippen molar-refractivity contribution >= 4 is 23.2 Å². The molecule has 0 amide bonds.